The highest BCUT2D eigenvalue weighted by atomic mass is 16.2. The van der Waals surface area contributed by atoms with Gasteiger partial charge >= 0.3 is 0 Å². The number of amides is 2. The highest BCUT2D eigenvalue weighted by Crippen LogP contribution is 2.91. The molecule has 1 aromatic heterocycles. The van der Waals surface area contributed by atoms with Crippen molar-refractivity contribution in [1.29, 1.82) is 0 Å². The van der Waals surface area contributed by atoms with Crippen LogP contribution >= 0.6 is 0 Å². The zero-order valence-corrected chi connectivity index (χ0v) is 16.7. The summed E-state index contributed by atoms with van der Waals surface area (Å²) in [6, 6.07) is 17.9. The summed E-state index contributed by atoms with van der Waals surface area (Å²) in [6.45, 7) is 2.09. The van der Waals surface area contributed by atoms with E-state index in [0.29, 0.717) is 18.2 Å². The number of anilines is 1. The molecule has 2 bridgehead atoms. The van der Waals surface area contributed by atoms with E-state index in [1.54, 1.807) is 11.9 Å². The maximum atomic E-state index is 13.4. The Kier molecular flexibility index (Phi) is 3.22. The molecule has 3 heterocycles. The van der Waals surface area contributed by atoms with Crippen molar-refractivity contribution in [3.63, 3.8) is 0 Å². The number of rotatable bonds is 4. The average Bonchev–Trinajstić information content (AvgIpc) is 3.45. The zero-order valence-electron chi connectivity index (χ0n) is 16.7. The summed E-state index contributed by atoms with van der Waals surface area (Å²) >= 11 is 0. The van der Waals surface area contributed by atoms with Crippen LogP contribution in [0.1, 0.15) is 40.4 Å². The number of aromatic amines is 1. The summed E-state index contributed by atoms with van der Waals surface area (Å²) in [4.78, 5) is 32.4. The molecule has 3 aromatic rings. The Morgan fingerprint density at radius 2 is 1.87 bits per heavy atom. The SMILES string of the molecule is CN1C(=O)[C@]2(NC(=O)c3n[nH]c(Cc4ccccc4)n3)[C@@H]3[C@H](c4ccccc41)[C@]32C. The molecule has 2 N–H and O–H groups in total. The third kappa shape index (κ3) is 1.99. The number of aromatic nitrogens is 3. The molecule has 2 aromatic carbocycles. The lowest BCUT2D eigenvalue weighted by Crippen LogP contribution is -2.56. The number of carbonyl (C=O) groups is 2. The lowest BCUT2D eigenvalue weighted by Gasteiger charge is -2.29. The average molecular weight is 399 g/mol. The van der Waals surface area contributed by atoms with Gasteiger partial charge in [0, 0.05) is 36.4 Å². The van der Waals surface area contributed by atoms with Crippen molar-refractivity contribution >= 4 is 17.5 Å². The van der Waals surface area contributed by atoms with Gasteiger partial charge in [-0.1, -0.05) is 55.5 Å². The fourth-order valence-electron chi connectivity index (χ4n) is 5.65. The van der Waals surface area contributed by atoms with Crippen LogP contribution in [0.3, 0.4) is 0 Å². The number of likely N-dealkylation sites (N-methyl/N-ethyl adjacent to an activating group) is 1. The van der Waals surface area contributed by atoms with E-state index in [1.807, 2.05) is 48.5 Å². The van der Waals surface area contributed by atoms with E-state index in [4.69, 9.17) is 0 Å². The molecule has 2 amide bonds. The Labute approximate surface area is 173 Å². The summed E-state index contributed by atoms with van der Waals surface area (Å²) in [5, 5.41) is 9.95. The van der Waals surface area contributed by atoms with Crippen molar-refractivity contribution in [1.82, 2.24) is 20.5 Å². The molecule has 4 aliphatic rings. The first-order valence-corrected chi connectivity index (χ1v) is 10.1. The Bertz CT molecular complexity index is 1210. The maximum Gasteiger partial charge on any atom is 0.291 e. The molecule has 2 fully saturated rings. The van der Waals surface area contributed by atoms with Gasteiger partial charge in [-0.05, 0) is 17.2 Å². The maximum absolute atomic E-state index is 13.4. The van der Waals surface area contributed by atoms with Crippen LogP contribution in [-0.2, 0) is 11.2 Å². The van der Waals surface area contributed by atoms with Gasteiger partial charge in [-0.15, -0.1) is 5.10 Å². The lowest BCUT2D eigenvalue weighted by atomic mass is 9.86. The van der Waals surface area contributed by atoms with E-state index in [-0.39, 0.29) is 23.1 Å². The normalized spacial score (nSPS) is 30.2. The van der Waals surface area contributed by atoms with Crippen molar-refractivity contribution in [3.8, 4) is 0 Å². The van der Waals surface area contributed by atoms with Crippen LogP contribution in [0.15, 0.2) is 54.6 Å². The highest BCUT2D eigenvalue weighted by molar-refractivity contribution is 6.12. The van der Waals surface area contributed by atoms with Crippen molar-refractivity contribution in [2.45, 2.75) is 24.8 Å². The fraction of sp³-hybridized carbons (Fsp3) is 0.304. The number of para-hydroxylation sites is 1. The van der Waals surface area contributed by atoms with Gasteiger partial charge < -0.3 is 10.2 Å². The molecule has 0 radical (unpaired) electrons. The standard InChI is InChI=1S/C23H21N5O2/c1-22-17-14-10-6-7-11-15(14)28(2)21(30)23(22,18(17)22)25-20(29)19-24-16(26-27-19)12-13-8-4-3-5-9-13/h3-11,17-18H,12H2,1-2H3,(H,25,29)(H,24,26,27)/t17-,18+,22+,23+/m0/s1. The minimum Gasteiger partial charge on any atom is -0.334 e. The van der Waals surface area contributed by atoms with Crippen LogP contribution in [0.25, 0.3) is 0 Å². The second-order valence-electron chi connectivity index (χ2n) is 8.69. The minimum atomic E-state index is -0.872. The third-order valence-corrected chi connectivity index (χ3v) is 7.28. The number of fused-ring (bicyclic) bond motifs is 1. The quantitative estimate of drug-likeness (QED) is 0.704. The van der Waals surface area contributed by atoms with Gasteiger partial charge in [0.05, 0.1) is 0 Å². The third-order valence-electron chi connectivity index (χ3n) is 7.28. The van der Waals surface area contributed by atoms with Crippen LogP contribution < -0.4 is 10.2 Å². The van der Waals surface area contributed by atoms with Crippen molar-refractivity contribution in [2.75, 3.05) is 11.9 Å². The molecule has 2 aliphatic heterocycles. The number of hydrogen-bond acceptors (Lipinski definition) is 4. The number of nitrogens with zero attached hydrogens (tertiary/aromatic N) is 3. The molecule has 0 unspecified atom stereocenters. The molecule has 7 heteroatoms. The van der Waals surface area contributed by atoms with Gasteiger partial charge in [0.1, 0.15) is 11.4 Å². The lowest BCUT2D eigenvalue weighted by molar-refractivity contribution is -0.123. The smallest absolute Gasteiger partial charge is 0.291 e. The summed E-state index contributed by atoms with van der Waals surface area (Å²) in [7, 11) is 1.78. The molecule has 0 spiro atoms. The molecule has 7 nitrogen and oxygen atoms in total. The van der Waals surface area contributed by atoms with Crippen molar-refractivity contribution < 1.29 is 9.59 Å². The van der Waals surface area contributed by atoms with E-state index < -0.39 is 11.4 Å². The van der Waals surface area contributed by atoms with Crippen LogP contribution in [0, 0.1) is 11.3 Å². The number of carbonyl (C=O) groups excluding carboxylic acids is 2. The number of nitrogens with one attached hydrogen (secondary N) is 2. The summed E-state index contributed by atoms with van der Waals surface area (Å²) < 4.78 is 0. The van der Waals surface area contributed by atoms with Gasteiger partial charge in [-0.25, -0.2) is 4.98 Å². The molecular weight excluding hydrogens is 378 g/mol. The first-order valence-electron chi connectivity index (χ1n) is 10.1. The van der Waals surface area contributed by atoms with Crippen molar-refractivity contribution in [2.24, 2.45) is 11.3 Å². The van der Waals surface area contributed by atoms with Crippen LogP contribution in [-0.4, -0.2) is 39.6 Å². The highest BCUT2D eigenvalue weighted by Gasteiger charge is 2.98. The van der Waals surface area contributed by atoms with E-state index in [2.05, 4.69) is 33.5 Å². The molecule has 150 valence electrons. The summed E-state index contributed by atoms with van der Waals surface area (Å²) in [5.74, 6) is 0.624. The molecule has 4 atom stereocenters. The Hall–Kier alpha value is -3.48. The van der Waals surface area contributed by atoms with Crippen LogP contribution in [0.5, 0.6) is 0 Å². The molecule has 0 saturated heterocycles. The van der Waals surface area contributed by atoms with E-state index in [0.717, 1.165) is 11.3 Å². The van der Waals surface area contributed by atoms with Crippen molar-refractivity contribution in [3.05, 3.63) is 77.4 Å². The van der Waals surface area contributed by atoms with E-state index in [9.17, 15) is 9.59 Å². The summed E-state index contributed by atoms with van der Waals surface area (Å²) in [6.07, 6.45) is 0.561. The second-order valence-corrected chi connectivity index (χ2v) is 8.69. The van der Waals surface area contributed by atoms with Crippen LogP contribution in [0.2, 0.25) is 0 Å². The van der Waals surface area contributed by atoms with E-state index in [1.165, 1.54) is 5.56 Å². The number of benzene rings is 2. The second kappa shape index (κ2) is 5.56. The van der Waals surface area contributed by atoms with Crippen LogP contribution in [0.4, 0.5) is 5.69 Å². The predicted octanol–water partition coefficient (Wildman–Crippen LogP) is 2.27. The Morgan fingerprint density at radius 3 is 2.63 bits per heavy atom. The van der Waals surface area contributed by atoms with E-state index >= 15 is 0 Å². The predicted molar refractivity (Wildman–Crippen MR) is 110 cm³/mol. The van der Waals surface area contributed by atoms with Gasteiger partial charge in [-0.3, -0.25) is 14.7 Å². The van der Waals surface area contributed by atoms with Gasteiger partial charge in [0.15, 0.2) is 0 Å². The monoisotopic (exact) mass is 399 g/mol. The fourth-order valence-corrected chi connectivity index (χ4v) is 5.65. The number of hydrogen-bond donors (Lipinski definition) is 2. The van der Waals surface area contributed by atoms with Gasteiger partial charge in [0.25, 0.3) is 11.8 Å². The Morgan fingerprint density at radius 1 is 1.17 bits per heavy atom. The van der Waals surface area contributed by atoms with Gasteiger partial charge in [0.2, 0.25) is 5.82 Å². The first kappa shape index (κ1) is 17.4. The van der Waals surface area contributed by atoms with Gasteiger partial charge in [-0.2, -0.15) is 0 Å². The Balaban J connectivity index is 1.25. The first-order chi connectivity index (χ1) is 14.5. The minimum absolute atomic E-state index is 0.0652. The topological polar surface area (TPSA) is 91.0 Å². The number of H-pyrrole nitrogens is 1. The molecule has 7 rings (SSSR count). The molecule has 2 saturated carbocycles. The zero-order chi connectivity index (χ0) is 20.7. The largest absolute Gasteiger partial charge is 0.334 e. The molecule has 2 aliphatic carbocycles. The molecule has 30 heavy (non-hydrogen) atoms. The molecular formula is C23H21N5O2. The summed E-state index contributed by atoms with van der Waals surface area (Å²) in [5.41, 5.74) is 2.08.